The lowest BCUT2D eigenvalue weighted by atomic mass is 9.97. The number of benzene rings is 1. The van der Waals surface area contributed by atoms with Gasteiger partial charge in [0.1, 0.15) is 17.2 Å². The Kier molecular flexibility index (Phi) is 5.69. The first-order valence-electron chi connectivity index (χ1n) is 7.91. The van der Waals surface area contributed by atoms with Gasteiger partial charge in [0, 0.05) is 25.6 Å². The van der Waals surface area contributed by atoms with Crippen LogP contribution in [0.15, 0.2) is 18.2 Å². The molecular weight excluding hydrogens is 302 g/mol. The zero-order valence-electron chi connectivity index (χ0n) is 13.4. The number of likely N-dealkylation sites (tertiary alicyclic amines) is 1. The number of halogens is 2. The van der Waals surface area contributed by atoms with Gasteiger partial charge in [0.2, 0.25) is 5.91 Å². The average Bonchev–Trinajstić information content (AvgIpc) is 2.52. The van der Waals surface area contributed by atoms with E-state index in [9.17, 15) is 18.4 Å². The largest absolute Gasteiger partial charge is 0.356 e. The topological polar surface area (TPSA) is 49.4 Å². The lowest BCUT2D eigenvalue weighted by molar-refractivity contribution is -0.124. The summed E-state index contributed by atoms with van der Waals surface area (Å²) in [6.07, 6.45) is 1.63. The van der Waals surface area contributed by atoms with E-state index in [1.165, 1.54) is 11.0 Å². The van der Waals surface area contributed by atoms with E-state index < -0.39 is 23.1 Å². The number of carbonyl (C=O) groups excluding carboxylic acids is 2. The van der Waals surface area contributed by atoms with E-state index in [2.05, 4.69) is 5.32 Å². The molecule has 6 heteroatoms. The third-order valence-electron chi connectivity index (χ3n) is 4.07. The van der Waals surface area contributed by atoms with Crippen LogP contribution in [0.2, 0.25) is 0 Å². The van der Waals surface area contributed by atoms with Gasteiger partial charge in [-0.2, -0.15) is 0 Å². The highest BCUT2D eigenvalue weighted by atomic mass is 19.1. The average molecular weight is 324 g/mol. The highest BCUT2D eigenvalue weighted by Crippen LogP contribution is 2.21. The third-order valence-corrected chi connectivity index (χ3v) is 4.07. The molecule has 1 aromatic carbocycles. The first-order valence-corrected chi connectivity index (χ1v) is 7.91. The van der Waals surface area contributed by atoms with Crippen molar-refractivity contribution in [1.29, 1.82) is 0 Å². The summed E-state index contributed by atoms with van der Waals surface area (Å²) in [6.45, 7) is 4.97. The van der Waals surface area contributed by atoms with Crippen molar-refractivity contribution in [3.63, 3.8) is 0 Å². The van der Waals surface area contributed by atoms with Crippen LogP contribution in [0, 0.1) is 23.5 Å². The summed E-state index contributed by atoms with van der Waals surface area (Å²) in [6, 6.07) is 3.41. The minimum atomic E-state index is -0.842. The fourth-order valence-corrected chi connectivity index (χ4v) is 2.73. The number of hydrogen-bond acceptors (Lipinski definition) is 2. The number of rotatable bonds is 4. The van der Waals surface area contributed by atoms with Crippen molar-refractivity contribution >= 4 is 11.8 Å². The predicted molar refractivity (Wildman–Crippen MR) is 82.8 cm³/mol. The number of carbonyl (C=O) groups is 2. The Morgan fingerprint density at radius 2 is 1.96 bits per heavy atom. The quantitative estimate of drug-likeness (QED) is 0.925. The summed E-state index contributed by atoms with van der Waals surface area (Å²) in [5, 5.41) is 2.85. The van der Waals surface area contributed by atoms with Crippen molar-refractivity contribution in [2.24, 2.45) is 11.8 Å². The number of piperidine rings is 1. The second-order valence-electron chi connectivity index (χ2n) is 6.26. The summed E-state index contributed by atoms with van der Waals surface area (Å²) < 4.78 is 27.5. The lowest BCUT2D eigenvalue weighted by Crippen LogP contribution is -2.44. The fourth-order valence-electron chi connectivity index (χ4n) is 2.73. The highest BCUT2D eigenvalue weighted by molar-refractivity contribution is 5.94. The Labute approximate surface area is 134 Å². The molecule has 2 amide bonds. The van der Waals surface area contributed by atoms with Gasteiger partial charge >= 0.3 is 0 Å². The first-order chi connectivity index (χ1) is 10.9. The lowest BCUT2D eigenvalue weighted by Gasteiger charge is -2.33. The molecule has 0 bridgehead atoms. The maximum Gasteiger partial charge on any atom is 0.259 e. The molecule has 23 heavy (non-hydrogen) atoms. The van der Waals surface area contributed by atoms with E-state index in [4.69, 9.17) is 0 Å². The van der Waals surface area contributed by atoms with E-state index >= 15 is 0 Å². The molecule has 4 nitrogen and oxygen atoms in total. The molecule has 1 heterocycles. The van der Waals surface area contributed by atoms with E-state index in [0.717, 1.165) is 25.0 Å². The minimum absolute atomic E-state index is 0.0337. The van der Waals surface area contributed by atoms with Crippen LogP contribution < -0.4 is 5.32 Å². The van der Waals surface area contributed by atoms with E-state index in [1.807, 2.05) is 13.8 Å². The summed E-state index contributed by atoms with van der Waals surface area (Å²) >= 11 is 0. The third kappa shape index (κ3) is 4.27. The molecule has 1 fully saturated rings. The number of amides is 2. The molecular formula is C17H22F2N2O2. The van der Waals surface area contributed by atoms with E-state index in [-0.39, 0.29) is 17.7 Å². The van der Waals surface area contributed by atoms with Crippen LogP contribution in [-0.2, 0) is 4.79 Å². The maximum atomic E-state index is 13.8. The van der Waals surface area contributed by atoms with Crippen LogP contribution in [0.5, 0.6) is 0 Å². The Bertz CT molecular complexity index is 570. The zero-order chi connectivity index (χ0) is 17.0. The van der Waals surface area contributed by atoms with Crippen LogP contribution in [0.1, 0.15) is 37.0 Å². The standard InChI is InChI=1S/C17H22F2N2O2/c1-11(2)16(22)20-9-12-5-4-8-21(10-12)17(23)15-13(18)6-3-7-14(15)19/h3,6-7,11-12H,4-5,8-10H2,1-2H3,(H,20,22)/t12-/m1/s1. The molecule has 1 N–H and O–H groups in total. The molecule has 1 aliphatic heterocycles. The van der Waals surface area contributed by atoms with E-state index in [1.54, 1.807) is 0 Å². The normalized spacial score (nSPS) is 18.1. The molecule has 0 aliphatic carbocycles. The molecule has 0 saturated carbocycles. The number of hydrogen-bond donors (Lipinski definition) is 1. The van der Waals surface area contributed by atoms with Crippen molar-refractivity contribution < 1.29 is 18.4 Å². The van der Waals surface area contributed by atoms with Gasteiger partial charge in [-0.05, 0) is 30.9 Å². The zero-order valence-corrected chi connectivity index (χ0v) is 13.4. The van der Waals surface area contributed by atoms with Crippen molar-refractivity contribution in [2.45, 2.75) is 26.7 Å². The molecule has 0 aromatic heterocycles. The van der Waals surface area contributed by atoms with E-state index in [0.29, 0.717) is 19.6 Å². The molecule has 126 valence electrons. The minimum Gasteiger partial charge on any atom is -0.356 e. The first kappa shape index (κ1) is 17.4. The van der Waals surface area contributed by atoms with Crippen molar-refractivity contribution in [2.75, 3.05) is 19.6 Å². The van der Waals surface area contributed by atoms with Gasteiger partial charge in [0.05, 0.1) is 0 Å². The molecule has 1 aromatic rings. The summed E-state index contributed by atoms with van der Waals surface area (Å²) in [5.74, 6) is -2.33. The molecule has 0 spiro atoms. The molecule has 0 unspecified atom stereocenters. The molecule has 0 radical (unpaired) electrons. The van der Waals surface area contributed by atoms with Crippen LogP contribution >= 0.6 is 0 Å². The van der Waals surface area contributed by atoms with Gasteiger partial charge in [0.25, 0.3) is 5.91 Å². The number of nitrogens with one attached hydrogen (secondary N) is 1. The second kappa shape index (κ2) is 7.53. The van der Waals surface area contributed by atoms with Crippen molar-refractivity contribution in [1.82, 2.24) is 10.2 Å². The summed E-state index contributed by atoms with van der Waals surface area (Å²) in [7, 11) is 0. The summed E-state index contributed by atoms with van der Waals surface area (Å²) in [5.41, 5.74) is -0.501. The van der Waals surface area contributed by atoms with Gasteiger partial charge in [-0.1, -0.05) is 19.9 Å². The molecule has 1 saturated heterocycles. The molecule has 1 aliphatic rings. The smallest absolute Gasteiger partial charge is 0.259 e. The van der Waals surface area contributed by atoms with Gasteiger partial charge in [-0.3, -0.25) is 9.59 Å². The highest BCUT2D eigenvalue weighted by Gasteiger charge is 2.28. The Morgan fingerprint density at radius 3 is 2.57 bits per heavy atom. The second-order valence-corrected chi connectivity index (χ2v) is 6.26. The van der Waals surface area contributed by atoms with Crippen molar-refractivity contribution in [3.05, 3.63) is 35.4 Å². The maximum absolute atomic E-state index is 13.8. The monoisotopic (exact) mass is 324 g/mol. The van der Waals surface area contributed by atoms with Crippen LogP contribution in [0.4, 0.5) is 8.78 Å². The molecule has 2 rings (SSSR count). The SMILES string of the molecule is CC(C)C(=O)NC[C@H]1CCCN(C(=O)c2c(F)cccc2F)C1. The van der Waals surface area contributed by atoms with Gasteiger partial charge < -0.3 is 10.2 Å². The summed E-state index contributed by atoms with van der Waals surface area (Å²) in [4.78, 5) is 25.5. The van der Waals surface area contributed by atoms with Crippen LogP contribution in [0.25, 0.3) is 0 Å². The van der Waals surface area contributed by atoms with Crippen LogP contribution in [-0.4, -0.2) is 36.3 Å². The predicted octanol–water partition coefficient (Wildman–Crippen LogP) is 2.59. The fraction of sp³-hybridized carbons (Fsp3) is 0.529. The van der Waals surface area contributed by atoms with Crippen LogP contribution in [0.3, 0.4) is 0 Å². The Balaban J connectivity index is 2.00. The Hall–Kier alpha value is -1.98. The van der Waals surface area contributed by atoms with Gasteiger partial charge in [-0.15, -0.1) is 0 Å². The van der Waals surface area contributed by atoms with Crippen molar-refractivity contribution in [3.8, 4) is 0 Å². The van der Waals surface area contributed by atoms with Gasteiger partial charge in [-0.25, -0.2) is 8.78 Å². The molecule has 1 atom stereocenters. The number of nitrogens with zero attached hydrogens (tertiary/aromatic N) is 1. The Morgan fingerprint density at radius 1 is 1.30 bits per heavy atom. The van der Waals surface area contributed by atoms with Gasteiger partial charge in [0.15, 0.2) is 0 Å².